The van der Waals surface area contributed by atoms with Crippen molar-refractivity contribution in [3.8, 4) is 11.5 Å². The number of Topliss-reactive ketones (excluding diaryl/α,β-unsaturated/α-hetero) is 1. The summed E-state index contributed by atoms with van der Waals surface area (Å²) < 4.78 is 10.7. The molecule has 31 heavy (non-hydrogen) atoms. The molecule has 1 unspecified atom stereocenters. The van der Waals surface area contributed by atoms with Crippen LogP contribution in [0.5, 0.6) is 11.5 Å². The van der Waals surface area contributed by atoms with Gasteiger partial charge >= 0.3 is 0 Å². The lowest BCUT2D eigenvalue weighted by atomic mass is 9.95. The molecule has 0 spiro atoms. The molecule has 6 nitrogen and oxygen atoms in total. The van der Waals surface area contributed by atoms with E-state index in [4.69, 9.17) is 21.1 Å². The van der Waals surface area contributed by atoms with Crippen molar-refractivity contribution in [3.63, 3.8) is 0 Å². The standard InChI is InChI=1S/C24H26ClNO5/c1-4-6-13-26-21(15-7-10-17(11-8-15)31-5-2)20(23(28)24(26)29)22(27)16-9-12-19(30-3)18(25)14-16/h7-12,14,21,27H,4-6,13H2,1-3H3/b22-20-. The number of amides is 1. The van der Waals surface area contributed by atoms with E-state index >= 15 is 0 Å². The third-order valence-corrected chi connectivity index (χ3v) is 5.52. The molecule has 1 aliphatic heterocycles. The molecule has 0 radical (unpaired) electrons. The molecule has 1 amide bonds. The maximum Gasteiger partial charge on any atom is 0.295 e. The normalized spacial score (nSPS) is 17.8. The summed E-state index contributed by atoms with van der Waals surface area (Å²) in [7, 11) is 1.49. The van der Waals surface area contributed by atoms with Crippen LogP contribution in [-0.4, -0.2) is 42.0 Å². The van der Waals surface area contributed by atoms with Crippen molar-refractivity contribution in [1.29, 1.82) is 0 Å². The molecule has 1 heterocycles. The Morgan fingerprint density at radius 1 is 1.13 bits per heavy atom. The number of ether oxygens (including phenoxy) is 2. The molecule has 0 bridgehead atoms. The van der Waals surface area contributed by atoms with Gasteiger partial charge in [-0.25, -0.2) is 0 Å². The van der Waals surface area contributed by atoms with Crippen molar-refractivity contribution in [2.75, 3.05) is 20.3 Å². The molecule has 0 aliphatic carbocycles. The first-order valence-corrected chi connectivity index (χ1v) is 10.7. The summed E-state index contributed by atoms with van der Waals surface area (Å²) in [5.74, 6) is -0.447. The summed E-state index contributed by atoms with van der Waals surface area (Å²) in [6, 6.07) is 11.3. The molecular weight excluding hydrogens is 418 g/mol. The van der Waals surface area contributed by atoms with E-state index in [-0.39, 0.29) is 11.3 Å². The Bertz CT molecular complexity index is 1000. The lowest BCUT2D eigenvalue weighted by Gasteiger charge is -2.25. The molecule has 0 saturated carbocycles. The van der Waals surface area contributed by atoms with Crippen LogP contribution in [0.4, 0.5) is 0 Å². The van der Waals surface area contributed by atoms with Crippen molar-refractivity contribution in [2.24, 2.45) is 0 Å². The van der Waals surface area contributed by atoms with Crippen molar-refractivity contribution in [1.82, 2.24) is 4.90 Å². The van der Waals surface area contributed by atoms with Gasteiger partial charge in [0.1, 0.15) is 17.3 Å². The highest BCUT2D eigenvalue weighted by atomic mass is 35.5. The van der Waals surface area contributed by atoms with Crippen LogP contribution in [0.1, 0.15) is 43.9 Å². The van der Waals surface area contributed by atoms with E-state index in [1.165, 1.54) is 18.1 Å². The van der Waals surface area contributed by atoms with Gasteiger partial charge in [-0.15, -0.1) is 0 Å². The number of benzene rings is 2. The Hall–Kier alpha value is -2.99. The zero-order valence-corrected chi connectivity index (χ0v) is 18.6. The van der Waals surface area contributed by atoms with Crippen LogP contribution in [0.25, 0.3) is 5.76 Å². The van der Waals surface area contributed by atoms with Crippen molar-refractivity contribution in [2.45, 2.75) is 32.7 Å². The second-order valence-electron chi connectivity index (χ2n) is 7.20. The fourth-order valence-corrected chi connectivity index (χ4v) is 3.93. The lowest BCUT2D eigenvalue weighted by molar-refractivity contribution is -0.139. The number of carbonyl (C=O) groups excluding carboxylic acids is 2. The summed E-state index contributed by atoms with van der Waals surface area (Å²) in [5.41, 5.74) is 1.11. The van der Waals surface area contributed by atoms with Gasteiger partial charge < -0.3 is 19.5 Å². The van der Waals surface area contributed by atoms with Crippen LogP contribution in [0, 0.1) is 0 Å². The first-order valence-electron chi connectivity index (χ1n) is 10.3. The zero-order chi connectivity index (χ0) is 22.5. The Morgan fingerprint density at radius 3 is 2.42 bits per heavy atom. The SMILES string of the molecule is CCCCN1C(=O)C(=O)/C(=C(\O)c2ccc(OC)c(Cl)c2)C1c1ccc(OCC)cc1. The molecule has 1 fully saturated rings. The van der Waals surface area contributed by atoms with E-state index in [2.05, 4.69) is 0 Å². The Morgan fingerprint density at radius 2 is 1.84 bits per heavy atom. The third-order valence-electron chi connectivity index (χ3n) is 5.22. The van der Waals surface area contributed by atoms with Gasteiger partial charge in [0, 0.05) is 12.1 Å². The molecule has 1 atom stereocenters. The van der Waals surface area contributed by atoms with E-state index < -0.39 is 17.7 Å². The van der Waals surface area contributed by atoms with Gasteiger partial charge in [-0.3, -0.25) is 9.59 Å². The third kappa shape index (κ3) is 4.54. The smallest absolute Gasteiger partial charge is 0.295 e. The molecule has 0 aromatic heterocycles. The molecular formula is C24H26ClNO5. The van der Waals surface area contributed by atoms with Crippen LogP contribution in [0.3, 0.4) is 0 Å². The van der Waals surface area contributed by atoms with Gasteiger partial charge in [0.15, 0.2) is 0 Å². The van der Waals surface area contributed by atoms with Gasteiger partial charge in [0.25, 0.3) is 11.7 Å². The van der Waals surface area contributed by atoms with E-state index in [9.17, 15) is 14.7 Å². The number of rotatable bonds is 8. The second kappa shape index (κ2) is 9.88. The van der Waals surface area contributed by atoms with E-state index in [1.807, 2.05) is 26.0 Å². The molecule has 1 saturated heterocycles. The average molecular weight is 444 g/mol. The first kappa shape index (κ1) is 22.7. The van der Waals surface area contributed by atoms with Crippen LogP contribution in [0.15, 0.2) is 48.0 Å². The summed E-state index contributed by atoms with van der Waals surface area (Å²) in [6.07, 6.45) is 1.61. The molecule has 1 N–H and O–H groups in total. The maximum absolute atomic E-state index is 13.0. The van der Waals surface area contributed by atoms with Gasteiger partial charge in [-0.05, 0) is 49.2 Å². The molecule has 2 aromatic rings. The lowest BCUT2D eigenvalue weighted by Crippen LogP contribution is -2.30. The molecule has 164 valence electrons. The number of unbranched alkanes of at least 4 members (excludes halogenated alkanes) is 1. The van der Waals surface area contributed by atoms with Gasteiger partial charge in [0.2, 0.25) is 0 Å². The van der Waals surface area contributed by atoms with E-state index in [0.29, 0.717) is 35.2 Å². The van der Waals surface area contributed by atoms with Crippen molar-refractivity contribution >= 4 is 29.1 Å². The van der Waals surface area contributed by atoms with E-state index in [0.717, 1.165) is 18.4 Å². The number of hydrogen-bond donors (Lipinski definition) is 1. The number of hydrogen-bond acceptors (Lipinski definition) is 5. The number of methoxy groups -OCH3 is 1. The number of carbonyl (C=O) groups is 2. The van der Waals surface area contributed by atoms with Crippen LogP contribution < -0.4 is 9.47 Å². The molecule has 1 aliphatic rings. The highest BCUT2D eigenvalue weighted by Crippen LogP contribution is 2.40. The molecule has 3 rings (SSSR count). The fourth-order valence-electron chi connectivity index (χ4n) is 3.67. The zero-order valence-electron chi connectivity index (χ0n) is 17.9. The van der Waals surface area contributed by atoms with Crippen molar-refractivity contribution in [3.05, 3.63) is 64.2 Å². The maximum atomic E-state index is 13.0. The van der Waals surface area contributed by atoms with E-state index in [1.54, 1.807) is 24.3 Å². The predicted octanol–water partition coefficient (Wildman–Crippen LogP) is 4.97. The summed E-state index contributed by atoms with van der Waals surface area (Å²) in [6.45, 7) is 4.86. The quantitative estimate of drug-likeness (QED) is 0.354. The second-order valence-corrected chi connectivity index (χ2v) is 7.60. The molecule has 2 aromatic carbocycles. The number of aliphatic hydroxyl groups excluding tert-OH is 1. The minimum Gasteiger partial charge on any atom is -0.507 e. The highest BCUT2D eigenvalue weighted by Gasteiger charge is 2.45. The average Bonchev–Trinajstić information content (AvgIpc) is 3.02. The number of nitrogens with zero attached hydrogens (tertiary/aromatic N) is 1. The topological polar surface area (TPSA) is 76.1 Å². The van der Waals surface area contributed by atoms with Crippen LogP contribution >= 0.6 is 11.6 Å². The van der Waals surface area contributed by atoms with Gasteiger partial charge in [-0.1, -0.05) is 37.1 Å². The minimum atomic E-state index is -0.709. The van der Waals surface area contributed by atoms with Crippen molar-refractivity contribution < 1.29 is 24.2 Å². The summed E-state index contributed by atoms with van der Waals surface area (Å²) in [5, 5.41) is 11.4. The summed E-state index contributed by atoms with van der Waals surface area (Å²) >= 11 is 6.21. The first-order chi connectivity index (χ1) is 14.9. The fraction of sp³-hybridized carbons (Fsp3) is 0.333. The Balaban J connectivity index is 2.12. The summed E-state index contributed by atoms with van der Waals surface area (Å²) in [4.78, 5) is 27.3. The number of ketones is 1. The van der Waals surface area contributed by atoms with Crippen LogP contribution in [-0.2, 0) is 9.59 Å². The number of halogens is 1. The largest absolute Gasteiger partial charge is 0.507 e. The van der Waals surface area contributed by atoms with Gasteiger partial charge in [-0.2, -0.15) is 0 Å². The highest BCUT2D eigenvalue weighted by molar-refractivity contribution is 6.46. The van der Waals surface area contributed by atoms with Gasteiger partial charge in [0.05, 0.1) is 30.4 Å². The van der Waals surface area contributed by atoms with Crippen LogP contribution in [0.2, 0.25) is 5.02 Å². The molecule has 7 heteroatoms. The number of likely N-dealkylation sites (tertiary alicyclic amines) is 1. The monoisotopic (exact) mass is 443 g/mol. The minimum absolute atomic E-state index is 0.0477. The number of aliphatic hydroxyl groups is 1. The Labute approximate surface area is 187 Å². The predicted molar refractivity (Wildman–Crippen MR) is 120 cm³/mol. The Kier molecular flexibility index (Phi) is 7.23.